The number of nitrogens with one attached hydrogen (secondary N) is 1. The lowest BCUT2D eigenvalue weighted by atomic mass is 9.89. The van der Waals surface area contributed by atoms with Crippen LogP contribution in [0.1, 0.15) is 40.4 Å². The number of hydrogen-bond donors (Lipinski definition) is 1. The zero-order chi connectivity index (χ0) is 24.4. The maximum Gasteiger partial charge on any atom is 0.350 e. The Kier molecular flexibility index (Phi) is 7.17. The largest absolute Gasteiger partial charge is 0.462 e. The Labute approximate surface area is 216 Å². The Morgan fingerprint density at radius 1 is 1.20 bits per heavy atom. The van der Waals surface area contributed by atoms with Crippen LogP contribution in [0.15, 0.2) is 47.8 Å². The average Bonchev–Trinajstić information content (AvgIpc) is 3.45. The molecule has 1 aliphatic rings. The normalized spacial score (nSPS) is 15.1. The number of carbonyl (C=O) groups excluding carboxylic acids is 2. The maximum atomic E-state index is 13.0. The molecule has 6 nitrogen and oxygen atoms in total. The van der Waals surface area contributed by atoms with E-state index in [9.17, 15) is 9.59 Å². The molecule has 0 saturated carbocycles. The summed E-state index contributed by atoms with van der Waals surface area (Å²) in [7, 11) is 0. The van der Waals surface area contributed by atoms with Gasteiger partial charge in [-0.1, -0.05) is 49.0 Å². The molecule has 0 aliphatic heterocycles. The molecule has 1 atom stereocenters. The molecule has 5 rings (SSSR count). The van der Waals surface area contributed by atoms with Crippen LogP contribution in [0.5, 0.6) is 0 Å². The van der Waals surface area contributed by atoms with Gasteiger partial charge in [-0.3, -0.25) is 4.79 Å². The third kappa shape index (κ3) is 5.12. The SMILES string of the molecule is CCOC(=O)c1sc2c(c1NC(=O)CSc1ncnc3sc(-c4ccccc4)cc13)CC[C@H](C)C2. The van der Waals surface area contributed by atoms with Crippen molar-refractivity contribution >= 4 is 62.2 Å². The number of nitrogens with zero attached hydrogens (tertiary/aromatic N) is 2. The van der Waals surface area contributed by atoms with E-state index in [1.807, 2.05) is 18.2 Å². The van der Waals surface area contributed by atoms with E-state index in [1.165, 1.54) is 28.0 Å². The molecule has 1 aliphatic carbocycles. The highest BCUT2D eigenvalue weighted by Crippen LogP contribution is 2.41. The van der Waals surface area contributed by atoms with Crippen molar-refractivity contribution in [3.8, 4) is 10.4 Å². The first kappa shape index (κ1) is 24.0. The quantitative estimate of drug-likeness (QED) is 0.170. The van der Waals surface area contributed by atoms with Gasteiger partial charge in [0.1, 0.15) is 21.1 Å². The number of amides is 1. The highest BCUT2D eigenvalue weighted by Gasteiger charge is 2.28. The number of anilines is 1. The van der Waals surface area contributed by atoms with E-state index in [4.69, 9.17) is 4.74 Å². The molecule has 9 heteroatoms. The predicted octanol–water partition coefficient (Wildman–Crippen LogP) is 6.45. The lowest BCUT2D eigenvalue weighted by molar-refractivity contribution is -0.113. The van der Waals surface area contributed by atoms with Crippen molar-refractivity contribution in [3.05, 3.63) is 58.0 Å². The van der Waals surface area contributed by atoms with Gasteiger partial charge in [0, 0.05) is 15.1 Å². The number of hydrogen-bond acceptors (Lipinski definition) is 8. The van der Waals surface area contributed by atoms with Crippen molar-refractivity contribution in [2.45, 2.75) is 38.1 Å². The molecule has 0 radical (unpaired) electrons. The van der Waals surface area contributed by atoms with Crippen LogP contribution in [-0.2, 0) is 22.4 Å². The molecule has 1 amide bonds. The van der Waals surface area contributed by atoms with Gasteiger partial charge < -0.3 is 10.1 Å². The highest BCUT2D eigenvalue weighted by atomic mass is 32.2. The number of thiophene rings is 2. The molecular formula is C26H25N3O3S3. The summed E-state index contributed by atoms with van der Waals surface area (Å²) in [6, 6.07) is 12.3. The molecule has 1 aromatic carbocycles. The molecule has 0 fully saturated rings. The molecule has 180 valence electrons. The Hall–Kier alpha value is -2.75. The lowest BCUT2D eigenvalue weighted by Gasteiger charge is -2.19. The first-order valence-corrected chi connectivity index (χ1v) is 14.2. The van der Waals surface area contributed by atoms with Crippen molar-refractivity contribution in [3.63, 3.8) is 0 Å². The fraction of sp³-hybridized carbons (Fsp3) is 0.308. The smallest absolute Gasteiger partial charge is 0.350 e. The van der Waals surface area contributed by atoms with Gasteiger partial charge in [-0.15, -0.1) is 22.7 Å². The van der Waals surface area contributed by atoms with Crippen LogP contribution in [-0.4, -0.2) is 34.2 Å². The lowest BCUT2D eigenvalue weighted by Crippen LogP contribution is -2.18. The number of carbonyl (C=O) groups is 2. The second-order valence-electron chi connectivity index (χ2n) is 8.49. The predicted molar refractivity (Wildman–Crippen MR) is 144 cm³/mol. The van der Waals surface area contributed by atoms with Gasteiger partial charge in [0.05, 0.1) is 18.0 Å². The van der Waals surface area contributed by atoms with Crippen molar-refractivity contribution in [2.75, 3.05) is 17.7 Å². The van der Waals surface area contributed by atoms with E-state index < -0.39 is 0 Å². The Balaban J connectivity index is 1.34. The molecule has 4 aromatic rings. The van der Waals surface area contributed by atoms with Gasteiger partial charge in [0.25, 0.3) is 0 Å². The van der Waals surface area contributed by atoms with Crippen LogP contribution in [0, 0.1) is 5.92 Å². The third-order valence-electron chi connectivity index (χ3n) is 5.93. The molecule has 3 heterocycles. The minimum absolute atomic E-state index is 0.162. The molecule has 0 spiro atoms. The van der Waals surface area contributed by atoms with Crippen LogP contribution in [0.3, 0.4) is 0 Å². The van der Waals surface area contributed by atoms with Crippen molar-refractivity contribution < 1.29 is 14.3 Å². The second-order valence-corrected chi connectivity index (χ2v) is 11.6. The van der Waals surface area contributed by atoms with Crippen molar-refractivity contribution in [2.24, 2.45) is 5.92 Å². The number of aromatic nitrogens is 2. The van der Waals surface area contributed by atoms with Crippen LogP contribution in [0.2, 0.25) is 0 Å². The molecule has 0 unspecified atom stereocenters. The molecule has 1 N–H and O–H groups in total. The number of thioether (sulfide) groups is 1. The highest BCUT2D eigenvalue weighted by molar-refractivity contribution is 8.00. The van der Waals surface area contributed by atoms with E-state index in [1.54, 1.807) is 24.6 Å². The molecule has 0 bridgehead atoms. The molecule has 0 saturated heterocycles. The summed E-state index contributed by atoms with van der Waals surface area (Å²) < 4.78 is 5.27. The van der Waals surface area contributed by atoms with Gasteiger partial charge in [0.15, 0.2) is 0 Å². The number of esters is 1. The minimum Gasteiger partial charge on any atom is -0.462 e. The summed E-state index contributed by atoms with van der Waals surface area (Å²) in [5.41, 5.74) is 2.85. The summed E-state index contributed by atoms with van der Waals surface area (Å²) in [4.78, 5) is 38.2. The minimum atomic E-state index is -0.369. The average molecular weight is 524 g/mol. The summed E-state index contributed by atoms with van der Waals surface area (Å²) in [6.07, 6.45) is 4.38. The number of benzene rings is 1. The maximum absolute atomic E-state index is 13.0. The zero-order valence-corrected chi connectivity index (χ0v) is 21.9. The first-order valence-electron chi connectivity index (χ1n) is 11.6. The van der Waals surface area contributed by atoms with E-state index in [0.717, 1.165) is 50.5 Å². The Morgan fingerprint density at radius 3 is 2.83 bits per heavy atom. The van der Waals surface area contributed by atoms with Crippen molar-refractivity contribution in [1.82, 2.24) is 9.97 Å². The van der Waals surface area contributed by atoms with E-state index in [2.05, 4.69) is 40.4 Å². The topological polar surface area (TPSA) is 81.2 Å². The van der Waals surface area contributed by atoms with Gasteiger partial charge in [0.2, 0.25) is 5.91 Å². The fourth-order valence-electron chi connectivity index (χ4n) is 4.23. The van der Waals surface area contributed by atoms with E-state index in [-0.39, 0.29) is 17.6 Å². The first-order chi connectivity index (χ1) is 17.0. The number of fused-ring (bicyclic) bond motifs is 2. The molecule has 35 heavy (non-hydrogen) atoms. The number of rotatable bonds is 7. The van der Waals surface area contributed by atoms with Crippen LogP contribution in [0.25, 0.3) is 20.7 Å². The van der Waals surface area contributed by atoms with E-state index >= 15 is 0 Å². The molecule has 3 aromatic heterocycles. The van der Waals surface area contributed by atoms with Crippen LogP contribution >= 0.6 is 34.4 Å². The van der Waals surface area contributed by atoms with Gasteiger partial charge in [-0.25, -0.2) is 14.8 Å². The summed E-state index contributed by atoms with van der Waals surface area (Å²) in [5.74, 6) is 0.227. The second kappa shape index (κ2) is 10.5. The molecular weight excluding hydrogens is 499 g/mol. The van der Waals surface area contributed by atoms with Crippen LogP contribution in [0.4, 0.5) is 5.69 Å². The van der Waals surface area contributed by atoms with E-state index in [0.29, 0.717) is 23.1 Å². The monoisotopic (exact) mass is 523 g/mol. The van der Waals surface area contributed by atoms with Gasteiger partial charge in [-0.05, 0) is 49.3 Å². The Bertz CT molecular complexity index is 1380. The van der Waals surface area contributed by atoms with Crippen molar-refractivity contribution in [1.29, 1.82) is 0 Å². The van der Waals surface area contributed by atoms with Gasteiger partial charge >= 0.3 is 5.97 Å². The zero-order valence-electron chi connectivity index (χ0n) is 19.5. The number of ether oxygens (including phenoxy) is 1. The van der Waals surface area contributed by atoms with Crippen LogP contribution < -0.4 is 5.32 Å². The standard InChI is InChI=1S/C26H25N3O3S3/c1-3-32-26(31)23-22(17-10-9-15(2)11-20(17)34-23)29-21(30)13-33-24-18-12-19(16-7-5-4-6-8-16)35-25(18)28-14-27-24/h4-8,12,14-15H,3,9-11,13H2,1-2H3,(H,29,30)/t15-/m0/s1. The summed E-state index contributed by atoms with van der Waals surface area (Å²) in [5, 5.41) is 4.75. The fourth-order valence-corrected chi connectivity index (χ4v) is 7.43. The summed E-state index contributed by atoms with van der Waals surface area (Å²) in [6.45, 7) is 4.31. The Morgan fingerprint density at radius 2 is 2.03 bits per heavy atom. The summed E-state index contributed by atoms with van der Waals surface area (Å²) >= 11 is 4.45. The third-order valence-corrected chi connectivity index (χ3v) is 9.26. The van der Waals surface area contributed by atoms with Gasteiger partial charge in [-0.2, -0.15) is 0 Å².